The summed E-state index contributed by atoms with van der Waals surface area (Å²) in [7, 11) is 3.41. The molecule has 0 bridgehead atoms. The third kappa shape index (κ3) is 8.14. The van der Waals surface area contributed by atoms with Gasteiger partial charge in [-0.2, -0.15) is 17.5 Å². The Morgan fingerprint density at radius 2 is 0.691 bits per heavy atom. The fourth-order valence-corrected chi connectivity index (χ4v) is 10.7. The zero-order valence-electron chi connectivity index (χ0n) is 37.4. The Kier molecular flexibility index (Phi) is 11.9. The molecule has 0 fully saturated rings. The molecule has 9 aromatic carbocycles. The fraction of sp³-hybridized carbons (Fsp3) is 0.0667. The summed E-state index contributed by atoms with van der Waals surface area (Å²) in [6.45, 7) is 0. The smallest absolute Gasteiger partial charge is 0.118 e. The molecule has 0 aliphatic carbocycles. The van der Waals surface area contributed by atoms with Gasteiger partial charge in [-0.1, -0.05) is 194 Å². The van der Waals surface area contributed by atoms with Crippen LogP contribution in [0.2, 0.25) is 0 Å². The van der Waals surface area contributed by atoms with E-state index >= 15 is 0 Å². The number of aromatic nitrogens is 2. The Labute approximate surface area is 404 Å². The highest BCUT2D eigenvalue weighted by Gasteiger charge is 2.30. The number of benzene rings is 9. The van der Waals surface area contributed by atoms with Crippen molar-refractivity contribution in [1.29, 1.82) is 0 Å². The summed E-state index contributed by atoms with van der Waals surface area (Å²) in [5.74, 6) is 1.71. The maximum absolute atomic E-state index is 5.57. The molecule has 2 atom stereocenters. The van der Waals surface area contributed by atoms with Gasteiger partial charge in [-0.25, -0.2) is 0 Å². The Bertz CT molecular complexity index is 3460. The Balaban J connectivity index is 1.01. The van der Waals surface area contributed by atoms with E-state index < -0.39 is 0 Å². The third-order valence-electron chi connectivity index (χ3n) is 12.8. The SMILES string of the molecule is COc1ccc(/C(=C(\c2ccccc2)c2ccc(-c3c4c(c(-c5ccc(C(c6ccccc6)C(c6ccccc6)c6ccc(OC)cc6)cc5)c5nsnc35)N=S=N4)cc2)c2ccccc2)cc1. The summed E-state index contributed by atoms with van der Waals surface area (Å²) in [4.78, 5) is 0. The molecular weight excluding hydrogens is 873 g/mol. The van der Waals surface area contributed by atoms with E-state index in [0.29, 0.717) is 0 Å². The van der Waals surface area contributed by atoms with Gasteiger partial charge in [0.15, 0.2) is 0 Å². The standard InChI is InChI=1S/C60H44N4O2S2/c1-65-49-35-31-45(32-36-49)53(41-19-11-5-12-20-41)51(39-15-7-3-8-16-39)43-23-27-47(28-24-43)55-57-59(63-67-61-57)56(60-58(55)62-68-64-60)48-29-25-44(26-30-48)52(40-17-9-4-10-18-40)54(42-21-13-6-14-22-42)46-33-37-50(66-2)38-34-46/h3-38,51,53H,1-2H3/b54-52+. The number of hydrogen-bond donors (Lipinski definition) is 0. The minimum atomic E-state index is 0.0190. The van der Waals surface area contributed by atoms with Crippen LogP contribution in [0.25, 0.3) is 44.4 Å². The van der Waals surface area contributed by atoms with Crippen molar-refractivity contribution in [3.63, 3.8) is 0 Å². The lowest BCUT2D eigenvalue weighted by atomic mass is 9.73. The second-order valence-corrected chi connectivity index (χ2v) is 17.7. The summed E-state index contributed by atoms with van der Waals surface area (Å²) in [5.41, 5.74) is 18.7. The van der Waals surface area contributed by atoms with Crippen LogP contribution in [0.5, 0.6) is 11.5 Å². The molecule has 0 N–H and O–H groups in total. The van der Waals surface area contributed by atoms with Crippen LogP contribution >= 0.6 is 11.7 Å². The quantitative estimate of drug-likeness (QED) is 0.108. The van der Waals surface area contributed by atoms with Crippen molar-refractivity contribution in [2.45, 2.75) is 11.8 Å². The average molecular weight is 917 g/mol. The number of rotatable bonds is 13. The van der Waals surface area contributed by atoms with Gasteiger partial charge in [0.25, 0.3) is 0 Å². The molecule has 6 nitrogen and oxygen atoms in total. The van der Waals surface area contributed by atoms with E-state index in [1.54, 1.807) is 14.2 Å². The topological polar surface area (TPSA) is 69.0 Å². The number of hydrogen-bond acceptors (Lipinski definition) is 7. The van der Waals surface area contributed by atoms with Gasteiger partial charge in [-0.15, -0.1) is 0 Å². The molecule has 1 aliphatic heterocycles. The van der Waals surface area contributed by atoms with Gasteiger partial charge in [0.05, 0.1) is 37.3 Å². The summed E-state index contributed by atoms with van der Waals surface area (Å²) >= 11 is 2.44. The van der Waals surface area contributed by atoms with Crippen LogP contribution < -0.4 is 9.47 Å². The van der Waals surface area contributed by atoms with Gasteiger partial charge in [-0.3, -0.25) is 0 Å². The van der Waals surface area contributed by atoms with Crippen LogP contribution in [0.15, 0.2) is 227 Å². The van der Waals surface area contributed by atoms with Gasteiger partial charge >= 0.3 is 0 Å². The maximum atomic E-state index is 5.57. The Hall–Kier alpha value is -8.04. The molecule has 68 heavy (non-hydrogen) atoms. The van der Waals surface area contributed by atoms with Gasteiger partial charge in [0.2, 0.25) is 0 Å². The molecule has 1 aromatic heterocycles. The van der Waals surface area contributed by atoms with Crippen molar-refractivity contribution >= 4 is 56.6 Å². The first-order chi connectivity index (χ1) is 33.7. The van der Waals surface area contributed by atoms with E-state index in [1.165, 1.54) is 45.3 Å². The zero-order chi connectivity index (χ0) is 45.8. The van der Waals surface area contributed by atoms with Crippen molar-refractivity contribution in [2.24, 2.45) is 8.73 Å². The van der Waals surface area contributed by atoms with Gasteiger partial charge < -0.3 is 9.47 Å². The summed E-state index contributed by atoms with van der Waals surface area (Å²) in [6.07, 6.45) is 0. The largest absolute Gasteiger partial charge is 0.497 e. The van der Waals surface area contributed by atoms with Crippen molar-refractivity contribution in [2.75, 3.05) is 14.2 Å². The predicted octanol–water partition coefficient (Wildman–Crippen LogP) is 15.7. The molecule has 2 heterocycles. The molecule has 2 unspecified atom stereocenters. The highest BCUT2D eigenvalue weighted by molar-refractivity contribution is 7.58. The molecule has 0 amide bonds. The molecular formula is C60H44N4O2S2. The lowest BCUT2D eigenvalue weighted by molar-refractivity contribution is 0.414. The van der Waals surface area contributed by atoms with E-state index in [0.717, 1.165) is 89.6 Å². The van der Waals surface area contributed by atoms with Crippen molar-refractivity contribution in [1.82, 2.24) is 8.75 Å². The lowest BCUT2D eigenvalue weighted by Crippen LogP contribution is -2.14. The minimum Gasteiger partial charge on any atom is -0.497 e. The molecule has 0 spiro atoms. The first kappa shape index (κ1) is 42.6. The molecule has 0 saturated carbocycles. The van der Waals surface area contributed by atoms with Gasteiger partial charge in [0, 0.05) is 23.0 Å². The average Bonchev–Trinajstić information content (AvgIpc) is 4.11. The highest BCUT2D eigenvalue weighted by Crippen LogP contribution is 2.53. The third-order valence-corrected chi connectivity index (χ3v) is 13.9. The monoisotopic (exact) mass is 916 g/mol. The second-order valence-electron chi connectivity index (χ2n) is 16.6. The van der Waals surface area contributed by atoms with Crippen LogP contribution in [-0.4, -0.2) is 23.0 Å². The van der Waals surface area contributed by atoms with E-state index in [-0.39, 0.29) is 11.8 Å². The van der Waals surface area contributed by atoms with Crippen molar-refractivity contribution < 1.29 is 9.47 Å². The van der Waals surface area contributed by atoms with Crippen LogP contribution in [0.3, 0.4) is 0 Å². The molecule has 1 aliphatic rings. The fourth-order valence-electron chi connectivity index (χ4n) is 9.63. The summed E-state index contributed by atoms with van der Waals surface area (Å²) in [6, 6.07) is 77.4. The maximum Gasteiger partial charge on any atom is 0.118 e. The molecule has 0 saturated heterocycles. The van der Waals surface area contributed by atoms with Crippen LogP contribution in [0.1, 0.15) is 56.3 Å². The van der Waals surface area contributed by atoms with Gasteiger partial charge in [0.1, 0.15) is 33.9 Å². The highest BCUT2D eigenvalue weighted by atomic mass is 32.1. The molecule has 11 rings (SSSR count). The zero-order valence-corrected chi connectivity index (χ0v) is 39.0. The first-order valence-corrected chi connectivity index (χ1v) is 24.0. The first-order valence-electron chi connectivity index (χ1n) is 22.5. The lowest BCUT2D eigenvalue weighted by Gasteiger charge is -2.30. The predicted molar refractivity (Wildman–Crippen MR) is 280 cm³/mol. The Morgan fingerprint density at radius 1 is 0.368 bits per heavy atom. The van der Waals surface area contributed by atoms with Crippen LogP contribution in [0.4, 0.5) is 11.4 Å². The number of ether oxygens (including phenoxy) is 2. The van der Waals surface area contributed by atoms with E-state index in [2.05, 4.69) is 206 Å². The van der Waals surface area contributed by atoms with E-state index in [4.69, 9.17) is 26.9 Å². The summed E-state index contributed by atoms with van der Waals surface area (Å²) < 4.78 is 31.0. The normalized spacial score (nSPS) is 13.0. The van der Waals surface area contributed by atoms with Crippen molar-refractivity contribution in [3.8, 4) is 33.8 Å². The number of methoxy groups -OCH3 is 2. The molecule has 328 valence electrons. The minimum absolute atomic E-state index is 0.0190. The van der Waals surface area contributed by atoms with E-state index in [1.807, 2.05) is 12.1 Å². The van der Waals surface area contributed by atoms with Crippen LogP contribution in [-0.2, 0) is 11.4 Å². The number of fused-ring (bicyclic) bond motifs is 2. The van der Waals surface area contributed by atoms with Gasteiger partial charge in [-0.05, 0) is 91.0 Å². The second kappa shape index (κ2) is 19.1. The van der Waals surface area contributed by atoms with E-state index in [9.17, 15) is 0 Å². The molecule has 8 heteroatoms. The summed E-state index contributed by atoms with van der Waals surface area (Å²) in [5, 5.41) is 0. The molecule has 10 aromatic rings. The van der Waals surface area contributed by atoms with Crippen molar-refractivity contribution in [3.05, 3.63) is 263 Å². The Morgan fingerprint density at radius 3 is 1.10 bits per heavy atom. The molecule has 0 radical (unpaired) electrons. The van der Waals surface area contributed by atoms with Crippen LogP contribution in [0, 0.1) is 0 Å². The number of nitrogens with zero attached hydrogens (tertiary/aromatic N) is 4.